The zero-order valence-corrected chi connectivity index (χ0v) is 8.38. The van der Waals surface area contributed by atoms with Crippen LogP contribution < -0.4 is 16.2 Å². The molecule has 0 radical (unpaired) electrons. The van der Waals surface area contributed by atoms with Crippen molar-refractivity contribution < 1.29 is 0 Å². The number of hydrogen-bond acceptors (Lipinski definition) is 1. The molecule has 0 spiro atoms. The molecule has 0 saturated heterocycles. The Morgan fingerprint density at radius 3 is 2.54 bits per heavy atom. The van der Waals surface area contributed by atoms with Crippen molar-refractivity contribution in [2.45, 2.75) is 20.3 Å². The first kappa shape index (κ1) is 10.0. The van der Waals surface area contributed by atoms with E-state index in [0.717, 1.165) is 6.42 Å². The number of hydrogen-bond donors (Lipinski definition) is 1. The largest absolute Gasteiger partial charge is 0.330 e. The summed E-state index contributed by atoms with van der Waals surface area (Å²) in [4.78, 5) is 0. The maximum atomic E-state index is 5.55. The van der Waals surface area contributed by atoms with E-state index >= 15 is 0 Å². The van der Waals surface area contributed by atoms with Gasteiger partial charge in [0.1, 0.15) is 0 Å². The Morgan fingerprint density at radius 2 is 2.00 bits per heavy atom. The fraction of sp³-hybridized carbons (Fsp3) is 0.333. The van der Waals surface area contributed by atoms with Crippen LogP contribution in [-0.4, -0.2) is 6.54 Å². The standard InChI is InChI=1S/C12H17N/c1-3-10-6-5-7-11(8-9-13)12(10)4-2/h3-7H,8-9,13H2,1-2H3/b10-3-,12-4+. The fourth-order valence-corrected chi connectivity index (χ4v) is 1.61. The van der Waals surface area contributed by atoms with Crippen molar-refractivity contribution in [2.24, 2.45) is 5.73 Å². The van der Waals surface area contributed by atoms with Crippen molar-refractivity contribution in [3.63, 3.8) is 0 Å². The highest BCUT2D eigenvalue weighted by molar-refractivity contribution is 5.34. The quantitative estimate of drug-likeness (QED) is 0.706. The molecule has 0 atom stereocenters. The molecule has 0 unspecified atom stereocenters. The van der Waals surface area contributed by atoms with Crippen LogP contribution in [0.1, 0.15) is 19.4 Å². The van der Waals surface area contributed by atoms with Gasteiger partial charge in [-0.1, -0.05) is 30.4 Å². The van der Waals surface area contributed by atoms with E-state index in [0.29, 0.717) is 6.54 Å². The zero-order chi connectivity index (χ0) is 9.68. The highest BCUT2D eigenvalue weighted by atomic mass is 14.5. The minimum atomic E-state index is 0.716. The topological polar surface area (TPSA) is 26.0 Å². The molecular formula is C12H17N. The summed E-state index contributed by atoms with van der Waals surface area (Å²) in [5.74, 6) is 0. The van der Waals surface area contributed by atoms with Crippen LogP contribution in [0.2, 0.25) is 0 Å². The van der Waals surface area contributed by atoms with Crippen molar-refractivity contribution in [1.29, 1.82) is 0 Å². The van der Waals surface area contributed by atoms with Crippen LogP contribution in [0.5, 0.6) is 0 Å². The van der Waals surface area contributed by atoms with E-state index in [1.165, 1.54) is 16.0 Å². The Kier molecular flexibility index (Phi) is 3.71. The second-order valence-electron chi connectivity index (χ2n) is 3.04. The lowest BCUT2D eigenvalue weighted by molar-refractivity contribution is 0.958. The summed E-state index contributed by atoms with van der Waals surface area (Å²) in [7, 11) is 0. The van der Waals surface area contributed by atoms with Crippen LogP contribution in [0.25, 0.3) is 12.2 Å². The molecule has 1 heteroatoms. The van der Waals surface area contributed by atoms with Gasteiger partial charge in [-0.25, -0.2) is 0 Å². The molecule has 1 rings (SSSR count). The smallest absolute Gasteiger partial charge is 0.00365 e. The van der Waals surface area contributed by atoms with Gasteiger partial charge in [-0.2, -0.15) is 0 Å². The predicted molar refractivity (Wildman–Crippen MR) is 58.7 cm³/mol. The normalized spacial score (nSPS) is 13.8. The molecule has 0 heterocycles. The Hall–Kier alpha value is -1.08. The molecule has 2 N–H and O–H groups in total. The molecule has 70 valence electrons. The molecule has 1 nitrogen and oxygen atoms in total. The zero-order valence-electron chi connectivity index (χ0n) is 8.38. The van der Waals surface area contributed by atoms with Crippen molar-refractivity contribution >= 4 is 12.2 Å². The summed E-state index contributed by atoms with van der Waals surface area (Å²) < 4.78 is 0. The van der Waals surface area contributed by atoms with Gasteiger partial charge in [0.15, 0.2) is 0 Å². The summed E-state index contributed by atoms with van der Waals surface area (Å²) in [5.41, 5.74) is 6.90. The lowest BCUT2D eigenvalue weighted by Gasteiger charge is -2.00. The molecule has 0 aliphatic carbocycles. The first-order valence-electron chi connectivity index (χ1n) is 4.74. The SMILES string of the molecule is C/C=c1/cccc(CCN)/c1=C/C. The van der Waals surface area contributed by atoms with E-state index in [1.807, 2.05) is 0 Å². The average Bonchev–Trinajstić information content (AvgIpc) is 2.18. The van der Waals surface area contributed by atoms with Gasteiger partial charge in [0, 0.05) is 0 Å². The van der Waals surface area contributed by atoms with Gasteiger partial charge >= 0.3 is 0 Å². The third-order valence-corrected chi connectivity index (χ3v) is 2.24. The minimum absolute atomic E-state index is 0.716. The second kappa shape index (κ2) is 4.83. The van der Waals surface area contributed by atoms with E-state index in [4.69, 9.17) is 5.73 Å². The molecule has 0 saturated carbocycles. The maximum Gasteiger partial charge on any atom is -0.00365 e. The molecule has 0 aliphatic rings. The molecule has 1 aromatic rings. The first-order valence-corrected chi connectivity index (χ1v) is 4.74. The van der Waals surface area contributed by atoms with E-state index in [1.54, 1.807) is 0 Å². The highest BCUT2D eigenvalue weighted by Crippen LogP contribution is 1.88. The van der Waals surface area contributed by atoms with E-state index in [2.05, 4.69) is 44.2 Å². The minimum Gasteiger partial charge on any atom is -0.330 e. The van der Waals surface area contributed by atoms with Crippen molar-refractivity contribution in [3.05, 3.63) is 34.2 Å². The van der Waals surface area contributed by atoms with Crippen LogP contribution >= 0.6 is 0 Å². The highest BCUT2D eigenvalue weighted by Gasteiger charge is 1.93. The molecule has 0 fully saturated rings. The number of nitrogens with two attached hydrogens (primary N) is 1. The molecule has 0 bridgehead atoms. The molecule has 13 heavy (non-hydrogen) atoms. The molecule has 1 aromatic carbocycles. The van der Waals surface area contributed by atoms with E-state index in [-0.39, 0.29) is 0 Å². The monoisotopic (exact) mass is 175 g/mol. The van der Waals surface area contributed by atoms with Crippen molar-refractivity contribution in [3.8, 4) is 0 Å². The maximum absolute atomic E-state index is 5.55. The van der Waals surface area contributed by atoms with Crippen LogP contribution in [0.4, 0.5) is 0 Å². The van der Waals surface area contributed by atoms with Gasteiger partial charge in [-0.15, -0.1) is 0 Å². The average molecular weight is 175 g/mol. The summed E-state index contributed by atoms with van der Waals surface area (Å²) in [6.07, 6.45) is 5.25. The van der Waals surface area contributed by atoms with E-state index in [9.17, 15) is 0 Å². The Bertz CT molecular complexity index is 377. The van der Waals surface area contributed by atoms with Crippen molar-refractivity contribution in [2.75, 3.05) is 6.54 Å². The predicted octanol–water partition coefficient (Wildman–Crippen LogP) is 0.789. The second-order valence-corrected chi connectivity index (χ2v) is 3.04. The molecular weight excluding hydrogens is 158 g/mol. The molecule has 0 aliphatic heterocycles. The Labute approximate surface area is 79.6 Å². The number of benzene rings is 1. The Balaban J connectivity index is 3.38. The van der Waals surface area contributed by atoms with Crippen molar-refractivity contribution in [1.82, 2.24) is 0 Å². The first-order chi connectivity index (χ1) is 6.33. The van der Waals surface area contributed by atoms with Crippen LogP contribution in [-0.2, 0) is 6.42 Å². The third-order valence-electron chi connectivity index (χ3n) is 2.24. The Morgan fingerprint density at radius 1 is 1.23 bits per heavy atom. The van der Waals surface area contributed by atoms with Crippen LogP contribution in [0.3, 0.4) is 0 Å². The summed E-state index contributed by atoms with van der Waals surface area (Å²) in [5, 5.41) is 2.63. The third kappa shape index (κ3) is 2.19. The van der Waals surface area contributed by atoms with Crippen LogP contribution in [0, 0.1) is 0 Å². The van der Waals surface area contributed by atoms with E-state index < -0.39 is 0 Å². The summed E-state index contributed by atoms with van der Waals surface area (Å²) in [6.45, 7) is 4.85. The lowest BCUT2D eigenvalue weighted by atomic mass is 10.1. The molecule has 0 amide bonds. The van der Waals surface area contributed by atoms with Gasteiger partial charge in [0.2, 0.25) is 0 Å². The molecule has 0 aromatic heterocycles. The van der Waals surface area contributed by atoms with Gasteiger partial charge in [-0.3, -0.25) is 0 Å². The van der Waals surface area contributed by atoms with Crippen LogP contribution in [0.15, 0.2) is 18.2 Å². The summed E-state index contributed by atoms with van der Waals surface area (Å²) in [6, 6.07) is 6.37. The number of rotatable bonds is 2. The fourth-order valence-electron chi connectivity index (χ4n) is 1.61. The van der Waals surface area contributed by atoms with Gasteiger partial charge in [0.05, 0.1) is 0 Å². The van der Waals surface area contributed by atoms with Gasteiger partial charge in [0.25, 0.3) is 0 Å². The van der Waals surface area contributed by atoms with Gasteiger partial charge in [-0.05, 0) is 42.8 Å². The lowest BCUT2D eigenvalue weighted by Crippen LogP contribution is -2.28. The summed E-state index contributed by atoms with van der Waals surface area (Å²) >= 11 is 0. The van der Waals surface area contributed by atoms with Gasteiger partial charge < -0.3 is 5.73 Å².